The average Bonchev–Trinajstić information content (AvgIpc) is 2.47. The van der Waals surface area contributed by atoms with Gasteiger partial charge in [0, 0.05) is 12.3 Å². The molecule has 0 fully saturated rings. The molecule has 1 aliphatic rings. The van der Waals surface area contributed by atoms with Gasteiger partial charge in [-0.25, -0.2) is 4.79 Å². The van der Waals surface area contributed by atoms with Crippen molar-refractivity contribution in [2.24, 2.45) is 0 Å². The molecule has 122 valence electrons. The van der Waals surface area contributed by atoms with Gasteiger partial charge in [0.15, 0.2) is 11.5 Å². The summed E-state index contributed by atoms with van der Waals surface area (Å²) in [7, 11) is 0. The Balaban J connectivity index is 2.20. The number of anilines is 1. The van der Waals surface area contributed by atoms with Gasteiger partial charge in [0.2, 0.25) is 0 Å². The zero-order chi connectivity index (χ0) is 17.0. The van der Waals surface area contributed by atoms with E-state index in [0.29, 0.717) is 23.4 Å². The van der Waals surface area contributed by atoms with Crippen LogP contribution in [0.25, 0.3) is 0 Å². The first kappa shape index (κ1) is 17.0. The largest absolute Gasteiger partial charge is 0.348 e. The summed E-state index contributed by atoms with van der Waals surface area (Å²) in [5, 5.41) is 5.64. The Kier molecular flexibility index (Phi) is 5.01. The predicted octanol–water partition coefficient (Wildman–Crippen LogP) is 3.32. The fraction of sp³-hybridized carbons (Fsp3) is 0.333. The fourth-order valence-corrected chi connectivity index (χ4v) is 2.62. The minimum atomic E-state index is -1.09. The van der Waals surface area contributed by atoms with Crippen molar-refractivity contribution in [3.05, 3.63) is 53.1 Å². The van der Waals surface area contributed by atoms with Crippen LogP contribution in [-0.2, 0) is 9.53 Å². The molecule has 0 unspecified atom stereocenters. The van der Waals surface area contributed by atoms with Crippen LogP contribution in [0.2, 0.25) is 0 Å². The van der Waals surface area contributed by atoms with Crippen molar-refractivity contribution in [2.45, 2.75) is 33.4 Å². The summed E-state index contributed by atoms with van der Waals surface area (Å²) in [6.45, 7) is 7.77. The number of urea groups is 1. The summed E-state index contributed by atoms with van der Waals surface area (Å²) in [6.07, 6.45) is 2.96. The van der Waals surface area contributed by atoms with Gasteiger partial charge in [0.1, 0.15) is 0 Å². The van der Waals surface area contributed by atoms with Crippen molar-refractivity contribution >= 4 is 17.5 Å². The number of aryl methyl sites for hydroxylation is 1. The first-order chi connectivity index (χ1) is 10.9. The van der Waals surface area contributed by atoms with E-state index in [1.807, 2.05) is 38.1 Å². The zero-order valence-electron chi connectivity index (χ0n) is 13.9. The van der Waals surface area contributed by atoms with Crippen molar-refractivity contribution in [3.8, 4) is 0 Å². The minimum Gasteiger partial charge on any atom is -0.348 e. The highest BCUT2D eigenvalue weighted by atomic mass is 16.5. The summed E-state index contributed by atoms with van der Waals surface area (Å²) in [6, 6.07) is 7.11. The second kappa shape index (κ2) is 6.79. The summed E-state index contributed by atoms with van der Waals surface area (Å²) in [5.74, 6) is -0.101. The van der Waals surface area contributed by atoms with E-state index in [4.69, 9.17) is 4.74 Å². The Morgan fingerprint density at radius 1 is 1.09 bits per heavy atom. The predicted molar refractivity (Wildman–Crippen MR) is 90.2 cm³/mol. The number of allylic oxidation sites excluding steroid dienone is 2. The SMILES string of the molecule is CCOC1(NC(=O)Nc2ccc(C)cc2)C(C)=CC(=O)C=C1C. The van der Waals surface area contributed by atoms with Gasteiger partial charge in [-0.2, -0.15) is 0 Å². The molecule has 0 aromatic heterocycles. The van der Waals surface area contributed by atoms with Crippen LogP contribution >= 0.6 is 0 Å². The van der Waals surface area contributed by atoms with Crippen LogP contribution in [0.4, 0.5) is 10.5 Å². The second-order valence-corrected chi connectivity index (χ2v) is 5.62. The van der Waals surface area contributed by atoms with E-state index in [-0.39, 0.29) is 5.78 Å². The van der Waals surface area contributed by atoms with Crippen LogP contribution < -0.4 is 10.6 Å². The quantitative estimate of drug-likeness (QED) is 0.838. The molecule has 0 saturated heterocycles. The molecule has 5 heteroatoms. The number of hydrogen-bond acceptors (Lipinski definition) is 3. The number of ether oxygens (including phenoxy) is 1. The number of hydrogen-bond donors (Lipinski definition) is 2. The maximum atomic E-state index is 12.4. The van der Waals surface area contributed by atoms with E-state index < -0.39 is 11.8 Å². The third-order valence-corrected chi connectivity index (χ3v) is 3.79. The summed E-state index contributed by atoms with van der Waals surface area (Å²) >= 11 is 0. The molecule has 1 aromatic rings. The Bertz CT molecular complexity index is 650. The van der Waals surface area contributed by atoms with Crippen LogP contribution in [0, 0.1) is 6.92 Å². The number of carbonyl (C=O) groups is 2. The minimum absolute atomic E-state index is 0.101. The highest BCUT2D eigenvalue weighted by Gasteiger charge is 2.39. The van der Waals surface area contributed by atoms with Gasteiger partial charge in [0.05, 0.1) is 0 Å². The molecule has 1 aliphatic carbocycles. The van der Waals surface area contributed by atoms with Gasteiger partial charge >= 0.3 is 6.03 Å². The number of carbonyl (C=O) groups excluding carboxylic acids is 2. The molecule has 23 heavy (non-hydrogen) atoms. The van der Waals surface area contributed by atoms with Crippen LogP contribution in [-0.4, -0.2) is 24.1 Å². The molecule has 2 amide bonds. The second-order valence-electron chi connectivity index (χ2n) is 5.62. The van der Waals surface area contributed by atoms with Crippen LogP contribution in [0.15, 0.2) is 47.6 Å². The molecule has 0 heterocycles. The highest BCUT2D eigenvalue weighted by Crippen LogP contribution is 2.30. The van der Waals surface area contributed by atoms with Crippen molar-refractivity contribution in [2.75, 3.05) is 11.9 Å². The summed E-state index contributed by atoms with van der Waals surface area (Å²) < 4.78 is 5.81. The van der Waals surface area contributed by atoms with Crippen LogP contribution in [0.1, 0.15) is 26.3 Å². The molecule has 2 rings (SSSR count). The molecule has 1 aromatic carbocycles. The number of amides is 2. The third-order valence-electron chi connectivity index (χ3n) is 3.79. The maximum Gasteiger partial charge on any atom is 0.321 e. The van der Waals surface area contributed by atoms with Gasteiger partial charge in [-0.05, 0) is 63.1 Å². The molecule has 2 N–H and O–H groups in total. The van der Waals surface area contributed by atoms with E-state index in [1.165, 1.54) is 12.2 Å². The number of rotatable bonds is 4. The Labute approximate surface area is 136 Å². The van der Waals surface area contributed by atoms with E-state index in [1.54, 1.807) is 13.8 Å². The fourth-order valence-electron chi connectivity index (χ4n) is 2.62. The maximum absolute atomic E-state index is 12.4. The zero-order valence-corrected chi connectivity index (χ0v) is 13.9. The first-order valence-corrected chi connectivity index (χ1v) is 7.58. The molecule has 0 saturated carbocycles. The number of ketones is 1. The monoisotopic (exact) mass is 314 g/mol. The Morgan fingerprint density at radius 3 is 2.17 bits per heavy atom. The molecule has 0 atom stereocenters. The Morgan fingerprint density at radius 2 is 1.65 bits per heavy atom. The van der Waals surface area contributed by atoms with Crippen molar-refractivity contribution in [3.63, 3.8) is 0 Å². The standard InChI is InChI=1S/C18H22N2O3/c1-5-23-18(13(3)10-16(21)11-14(18)4)20-17(22)19-15-8-6-12(2)7-9-15/h6-11H,5H2,1-4H3,(H2,19,20,22). The van der Waals surface area contributed by atoms with Crippen molar-refractivity contribution in [1.29, 1.82) is 0 Å². The average molecular weight is 314 g/mol. The molecule has 0 spiro atoms. The summed E-state index contributed by atoms with van der Waals surface area (Å²) in [4.78, 5) is 24.0. The smallest absolute Gasteiger partial charge is 0.321 e. The van der Waals surface area contributed by atoms with Gasteiger partial charge in [0.25, 0.3) is 0 Å². The van der Waals surface area contributed by atoms with E-state index >= 15 is 0 Å². The number of benzene rings is 1. The van der Waals surface area contributed by atoms with E-state index in [2.05, 4.69) is 10.6 Å². The molecule has 0 bridgehead atoms. The lowest BCUT2D eigenvalue weighted by Gasteiger charge is -2.37. The molecule has 0 radical (unpaired) electrons. The third kappa shape index (κ3) is 3.68. The highest BCUT2D eigenvalue weighted by molar-refractivity contribution is 6.02. The van der Waals surface area contributed by atoms with Gasteiger partial charge in [-0.1, -0.05) is 17.7 Å². The lowest BCUT2D eigenvalue weighted by atomic mass is 9.89. The first-order valence-electron chi connectivity index (χ1n) is 7.58. The molecule has 5 nitrogen and oxygen atoms in total. The topological polar surface area (TPSA) is 67.4 Å². The van der Waals surface area contributed by atoms with Crippen molar-refractivity contribution < 1.29 is 14.3 Å². The Hall–Kier alpha value is -2.40. The molecule has 0 aliphatic heterocycles. The lowest BCUT2D eigenvalue weighted by molar-refractivity contribution is -0.111. The summed E-state index contributed by atoms with van der Waals surface area (Å²) in [5.41, 5.74) is 2.03. The van der Waals surface area contributed by atoms with Crippen LogP contribution in [0.3, 0.4) is 0 Å². The normalized spacial score (nSPS) is 16.4. The van der Waals surface area contributed by atoms with Gasteiger partial charge in [-0.3, -0.25) is 4.79 Å². The van der Waals surface area contributed by atoms with Gasteiger partial charge < -0.3 is 15.4 Å². The van der Waals surface area contributed by atoms with Crippen molar-refractivity contribution in [1.82, 2.24) is 5.32 Å². The van der Waals surface area contributed by atoms with Gasteiger partial charge in [-0.15, -0.1) is 0 Å². The van der Waals surface area contributed by atoms with E-state index in [9.17, 15) is 9.59 Å². The van der Waals surface area contributed by atoms with E-state index in [0.717, 1.165) is 5.56 Å². The number of nitrogens with one attached hydrogen (secondary N) is 2. The van der Waals surface area contributed by atoms with Crippen LogP contribution in [0.5, 0.6) is 0 Å². The molecular formula is C18H22N2O3. The lowest BCUT2D eigenvalue weighted by Crippen LogP contribution is -2.55. The molecular weight excluding hydrogens is 292 g/mol.